The van der Waals surface area contributed by atoms with E-state index in [-0.39, 0.29) is 5.54 Å². The van der Waals surface area contributed by atoms with E-state index < -0.39 is 0 Å². The van der Waals surface area contributed by atoms with Crippen LogP contribution in [0.5, 0.6) is 0 Å². The molecular formula is C12H20N4. The molecule has 1 saturated carbocycles. The zero-order valence-corrected chi connectivity index (χ0v) is 9.89. The third-order valence-electron chi connectivity index (χ3n) is 3.89. The minimum absolute atomic E-state index is 0.0856. The first-order valence-electron chi connectivity index (χ1n) is 6.16. The van der Waals surface area contributed by atoms with Gasteiger partial charge in [-0.25, -0.2) is 0 Å². The third-order valence-corrected chi connectivity index (χ3v) is 3.89. The number of likely N-dealkylation sites (N-methyl/N-ethyl adjacent to an activating group) is 1. The zero-order valence-electron chi connectivity index (χ0n) is 9.89. The summed E-state index contributed by atoms with van der Waals surface area (Å²) in [5.41, 5.74) is 7.59. The van der Waals surface area contributed by atoms with E-state index in [0.717, 1.165) is 13.0 Å². The van der Waals surface area contributed by atoms with E-state index in [9.17, 15) is 0 Å². The van der Waals surface area contributed by atoms with Crippen molar-refractivity contribution in [2.45, 2.75) is 37.3 Å². The molecule has 1 aliphatic heterocycles. The van der Waals surface area contributed by atoms with Crippen LogP contribution in [0.4, 0.5) is 0 Å². The Kier molecular flexibility index (Phi) is 2.30. The summed E-state index contributed by atoms with van der Waals surface area (Å²) in [6.45, 7) is 2.30. The van der Waals surface area contributed by atoms with Crippen LogP contribution < -0.4 is 5.73 Å². The molecule has 1 aliphatic carbocycles. The van der Waals surface area contributed by atoms with Crippen LogP contribution in [-0.4, -0.2) is 40.4 Å². The van der Waals surface area contributed by atoms with Crippen LogP contribution in [-0.2, 0) is 6.42 Å². The van der Waals surface area contributed by atoms with Gasteiger partial charge in [0.2, 0.25) is 0 Å². The second-order valence-corrected chi connectivity index (χ2v) is 5.51. The molecule has 1 aromatic rings. The Hall–Kier alpha value is -0.870. The summed E-state index contributed by atoms with van der Waals surface area (Å²) >= 11 is 0. The standard InChI is InChI=1S/C12H20N4/c1-15-7-3-11(9-15)16-10(2-6-14-16)8-12(13)4-5-12/h2,6,11H,3-5,7-9,13H2,1H3. The molecule has 2 fully saturated rings. The number of hydrogen-bond donors (Lipinski definition) is 1. The van der Waals surface area contributed by atoms with Gasteiger partial charge in [-0.05, 0) is 38.9 Å². The largest absolute Gasteiger partial charge is 0.325 e. The maximum absolute atomic E-state index is 6.18. The third kappa shape index (κ3) is 1.87. The number of likely N-dealkylation sites (tertiary alicyclic amines) is 1. The van der Waals surface area contributed by atoms with Crippen molar-refractivity contribution in [3.8, 4) is 0 Å². The maximum atomic E-state index is 6.18. The van der Waals surface area contributed by atoms with Crippen LogP contribution in [0.2, 0.25) is 0 Å². The highest BCUT2D eigenvalue weighted by Gasteiger charge is 2.39. The molecule has 4 heteroatoms. The van der Waals surface area contributed by atoms with Crippen LogP contribution >= 0.6 is 0 Å². The van der Waals surface area contributed by atoms with Gasteiger partial charge in [0.15, 0.2) is 0 Å². The van der Waals surface area contributed by atoms with Crippen molar-refractivity contribution in [3.05, 3.63) is 18.0 Å². The van der Waals surface area contributed by atoms with Crippen molar-refractivity contribution in [2.24, 2.45) is 5.73 Å². The fraction of sp³-hybridized carbons (Fsp3) is 0.750. The fourth-order valence-corrected chi connectivity index (χ4v) is 2.62. The molecule has 0 aromatic carbocycles. The maximum Gasteiger partial charge on any atom is 0.0661 e. The fourth-order valence-electron chi connectivity index (χ4n) is 2.62. The highest BCUT2D eigenvalue weighted by molar-refractivity contribution is 5.13. The smallest absolute Gasteiger partial charge is 0.0661 e. The predicted molar refractivity (Wildman–Crippen MR) is 63.2 cm³/mol. The number of aromatic nitrogens is 2. The quantitative estimate of drug-likeness (QED) is 0.819. The van der Waals surface area contributed by atoms with E-state index in [1.165, 1.54) is 31.5 Å². The summed E-state index contributed by atoms with van der Waals surface area (Å²) in [6.07, 6.45) is 6.46. The zero-order chi connectivity index (χ0) is 11.2. The second kappa shape index (κ2) is 3.57. The van der Waals surface area contributed by atoms with Gasteiger partial charge in [0, 0.05) is 30.4 Å². The summed E-state index contributed by atoms with van der Waals surface area (Å²) in [5.74, 6) is 0. The number of rotatable bonds is 3. The monoisotopic (exact) mass is 220 g/mol. The van der Waals surface area contributed by atoms with Crippen LogP contribution in [0.1, 0.15) is 31.0 Å². The van der Waals surface area contributed by atoms with Crippen LogP contribution in [0.3, 0.4) is 0 Å². The molecule has 0 spiro atoms. The normalized spacial score (nSPS) is 28.5. The Morgan fingerprint density at radius 3 is 3.00 bits per heavy atom. The first kappa shape index (κ1) is 10.3. The summed E-state index contributed by atoms with van der Waals surface area (Å²) in [7, 11) is 2.18. The van der Waals surface area contributed by atoms with Gasteiger partial charge in [-0.2, -0.15) is 5.10 Å². The lowest BCUT2D eigenvalue weighted by atomic mass is 10.1. The molecule has 16 heavy (non-hydrogen) atoms. The van der Waals surface area contributed by atoms with Gasteiger partial charge in [-0.3, -0.25) is 4.68 Å². The summed E-state index contributed by atoms with van der Waals surface area (Å²) in [6, 6.07) is 2.68. The molecule has 2 N–H and O–H groups in total. The summed E-state index contributed by atoms with van der Waals surface area (Å²) in [4.78, 5) is 2.37. The van der Waals surface area contributed by atoms with Crippen LogP contribution in [0.15, 0.2) is 12.3 Å². The highest BCUT2D eigenvalue weighted by atomic mass is 15.3. The van der Waals surface area contributed by atoms with Gasteiger partial charge < -0.3 is 10.6 Å². The van der Waals surface area contributed by atoms with E-state index in [4.69, 9.17) is 5.73 Å². The molecule has 2 aliphatic rings. The highest BCUT2D eigenvalue weighted by Crippen LogP contribution is 2.36. The van der Waals surface area contributed by atoms with Gasteiger partial charge in [0.1, 0.15) is 0 Å². The number of nitrogens with zero attached hydrogens (tertiary/aromatic N) is 3. The average Bonchev–Trinajstić information content (AvgIpc) is 2.67. The summed E-state index contributed by atoms with van der Waals surface area (Å²) in [5, 5.41) is 4.48. The Morgan fingerprint density at radius 1 is 1.56 bits per heavy atom. The van der Waals surface area contributed by atoms with E-state index in [1.54, 1.807) is 0 Å². The Bertz CT molecular complexity index is 380. The molecular weight excluding hydrogens is 200 g/mol. The lowest BCUT2D eigenvalue weighted by Gasteiger charge is -2.16. The van der Waals surface area contributed by atoms with E-state index in [0.29, 0.717) is 6.04 Å². The molecule has 1 saturated heterocycles. The van der Waals surface area contributed by atoms with Gasteiger partial charge in [-0.1, -0.05) is 0 Å². The second-order valence-electron chi connectivity index (χ2n) is 5.51. The van der Waals surface area contributed by atoms with Crippen molar-refractivity contribution < 1.29 is 0 Å². The minimum atomic E-state index is 0.0856. The van der Waals surface area contributed by atoms with Crippen molar-refractivity contribution in [2.75, 3.05) is 20.1 Å². The predicted octanol–water partition coefficient (Wildman–Crippen LogP) is 0.793. The molecule has 1 atom stereocenters. The average molecular weight is 220 g/mol. The van der Waals surface area contributed by atoms with Crippen molar-refractivity contribution >= 4 is 0 Å². The molecule has 0 amide bonds. The lowest BCUT2D eigenvalue weighted by molar-refractivity contribution is 0.376. The molecule has 1 unspecified atom stereocenters. The van der Waals surface area contributed by atoms with Crippen LogP contribution in [0, 0.1) is 0 Å². The Labute approximate surface area is 96.4 Å². The summed E-state index contributed by atoms with van der Waals surface area (Å²) < 4.78 is 2.20. The van der Waals surface area contributed by atoms with Gasteiger partial charge in [-0.15, -0.1) is 0 Å². The molecule has 0 radical (unpaired) electrons. The topological polar surface area (TPSA) is 47.1 Å². The molecule has 2 heterocycles. The van der Waals surface area contributed by atoms with E-state index >= 15 is 0 Å². The molecule has 1 aromatic heterocycles. The molecule has 88 valence electrons. The molecule has 4 nitrogen and oxygen atoms in total. The van der Waals surface area contributed by atoms with Crippen molar-refractivity contribution in [1.29, 1.82) is 0 Å². The van der Waals surface area contributed by atoms with Crippen LogP contribution in [0.25, 0.3) is 0 Å². The van der Waals surface area contributed by atoms with E-state index in [1.807, 2.05) is 6.20 Å². The SMILES string of the molecule is CN1CCC(n2nccc2CC2(N)CC2)C1. The van der Waals surface area contributed by atoms with Gasteiger partial charge in [0.25, 0.3) is 0 Å². The first-order valence-corrected chi connectivity index (χ1v) is 6.16. The van der Waals surface area contributed by atoms with Gasteiger partial charge >= 0.3 is 0 Å². The lowest BCUT2D eigenvalue weighted by Crippen LogP contribution is -2.27. The minimum Gasteiger partial charge on any atom is -0.325 e. The van der Waals surface area contributed by atoms with Gasteiger partial charge in [0.05, 0.1) is 6.04 Å². The van der Waals surface area contributed by atoms with E-state index in [2.05, 4.69) is 27.8 Å². The van der Waals surface area contributed by atoms with Crippen molar-refractivity contribution in [1.82, 2.24) is 14.7 Å². The Balaban J connectivity index is 1.76. The first-order chi connectivity index (χ1) is 7.66. The molecule has 0 bridgehead atoms. The van der Waals surface area contributed by atoms with Crippen molar-refractivity contribution in [3.63, 3.8) is 0 Å². The Morgan fingerprint density at radius 2 is 2.38 bits per heavy atom. The number of nitrogens with two attached hydrogens (primary N) is 1. The molecule has 3 rings (SSSR count). The number of hydrogen-bond acceptors (Lipinski definition) is 3.